The second-order valence-corrected chi connectivity index (χ2v) is 6.90. The van der Waals surface area contributed by atoms with Crippen LogP contribution in [-0.4, -0.2) is 11.9 Å². The molecule has 0 spiro atoms. The maximum atomic E-state index is 12.4. The topological polar surface area (TPSA) is 47.9 Å². The molecule has 3 aromatic rings. The Balaban J connectivity index is 1.61. The Morgan fingerprint density at radius 3 is 2.38 bits per heavy atom. The maximum Gasteiger partial charge on any atom is 0.363 e. The third-order valence-electron chi connectivity index (χ3n) is 4.85. The van der Waals surface area contributed by atoms with E-state index in [1.54, 1.807) is 6.08 Å². The Kier molecular flexibility index (Phi) is 5.25. The Hall–Kier alpha value is -3.66. The summed E-state index contributed by atoms with van der Waals surface area (Å²) in [7, 11) is 0. The molecule has 1 aliphatic heterocycles. The largest absolute Gasteiger partial charge is 0.488 e. The van der Waals surface area contributed by atoms with Gasteiger partial charge in [-0.25, -0.2) is 9.79 Å². The number of carbonyl (C=O) groups is 1. The summed E-state index contributed by atoms with van der Waals surface area (Å²) in [5.41, 5.74) is 5.15. The zero-order valence-corrected chi connectivity index (χ0v) is 16.4. The van der Waals surface area contributed by atoms with E-state index in [0.29, 0.717) is 18.3 Å². The molecule has 0 amide bonds. The van der Waals surface area contributed by atoms with Crippen molar-refractivity contribution in [2.24, 2.45) is 4.99 Å². The fourth-order valence-corrected chi connectivity index (χ4v) is 3.14. The standard InChI is InChI=1S/C25H21NO3/c1-17-9-3-5-12-20(17)16-28-23-14-8-6-11-19(23)15-22-25(27)29-24(26-22)21-13-7-4-10-18(21)2/h3-15H,16H2,1-2H3/b22-15-. The van der Waals surface area contributed by atoms with Crippen LogP contribution in [0, 0.1) is 13.8 Å². The van der Waals surface area contributed by atoms with Crippen LogP contribution < -0.4 is 4.74 Å². The van der Waals surface area contributed by atoms with E-state index in [0.717, 1.165) is 22.3 Å². The van der Waals surface area contributed by atoms with E-state index in [-0.39, 0.29) is 5.70 Å². The molecule has 0 N–H and O–H groups in total. The van der Waals surface area contributed by atoms with E-state index in [9.17, 15) is 4.79 Å². The minimum absolute atomic E-state index is 0.259. The number of ether oxygens (including phenoxy) is 2. The van der Waals surface area contributed by atoms with Gasteiger partial charge in [0.15, 0.2) is 5.70 Å². The van der Waals surface area contributed by atoms with Crippen LogP contribution in [0.4, 0.5) is 0 Å². The van der Waals surface area contributed by atoms with Crippen LogP contribution in [0.1, 0.15) is 27.8 Å². The van der Waals surface area contributed by atoms with Gasteiger partial charge in [0, 0.05) is 11.1 Å². The zero-order valence-electron chi connectivity index (χ0n) is 16.4. The van der Waals surface area contributed by atoms with Crippen LogP contribution in [0.5, 0.6) is 5.75 Å². The van der Waals surface area contributed by atoms with Crippen molar-refractivity contribution in [3.05, 3.63) is 106 Å². The molecule has 4 heteroatoms. The third-order valence-corrected chi connectivity index (χ3v) is 4.85. The normalized spacial score (nSPS) is 14.6. The second kappa shape index (κ2) is 8.15. The average Bonchev–Trinajstić information content (AvgIpc) is 3.09. The van der Waals surface area contributed by atoms with Crippen LogP contribution in [0.15, 0.2) is 83.5 Å². The Morgan fingerprint density at radius 2 is 1.59 bits per heavy atom. The summed E-state index contributed by atoms with van der Waals surface area (Å²) < 4.78 is 11.4. The number of nitrogens with zero attached hydrogens (tertiary/aromatic N) is 1. The molecule has 29 heavy (non-hydrogen) atoms. The monoisotopic (exact) mass is 383 g/mol. The highest BCUT2D eigenvalue weighted by molar-refractivity contribution is 6.13. The Bertz CT molecular complexity index is 1130. The van der Waals surface area contributed by atoms with Gasteiger partial charge < -0.3 is 9.47 Å². The van der Waals surface area contributed by atoms with E-state index >= 15 is 0 Å². The van der Waals surface area contributed by atoms with Crippen molar-refractivity contribution in [2.45, 2.75) is 20.5 Å². The van der Waals surface area contributed by atoms with Gasteiger partial charge in [-0.2, -0.15) is 0 Å². The highest BCUT2D eigenvalue weighted by Gasteiger charge is 2.25. The van der Waals surface area contributed by atoms with E-state index in [1.807, 2.05) is 73.7 Å². The zero-order chi connectivity index (χ0) is 20.2. The van der Waals surface area contributed by atoms with Gasteiger partial charge in [-0.15, -0.1) is 0 Å². The predicted octanol–water partition coefficient (Wildman–Crippen LogP) is 5.23. The summed E-state index contributed by atoms with van der Waals surface area (Å²) in [5, 5.41) is 0. The summed E-state index contributed by atoms with van der Waals surface area (Å²) in [4.78, 5) is 16.8. The van der Waals surface area contributed by atoms with Crippen LogP contribution in [0.25, 0.3) is 6.08 Å². The highest BCUT2D eigenvalue weighted by Crippen LogP contribution is 2.26. The lowest BCUT2D eigenvalue weighted by molar-refractivity contribution is -0.129. The predicted molar refractivity (Wildman–Crippen MR) is 114 cm³/mol. The van der Waals surface area contributed by atoms with Gasteiger partial charge in [0.25, 0.3) is 0 Å². The summed E-state index contributed by atoms with van der Waals surface area (Å²) in [6.45, 7) is 4.47. The van der Waals surface area contributed by atoms with Crippen LogP contribution >= 0.6 is 0 Å². The number of hydrogen-bond acceptors (Lipinski definition) is 4. The second-order valence-electron chi connectivity index (χ2n) is 6.90. The molecule has 1 aliphatic rings. The summed E-state index contributed by atoms with van der Waals surface area (Å²) in [5.74, 6) is 0.560. The van der Waals surface area contributed by atoms with Crippen LogP contribution in [0.3, 0.4) is 0 Å². The maximum absolute atomic E-state index is 12.4. The molecule has 4 rings (SSSR count). The third kappa shape index (κ3) is 4.11. The van der Waals surface area contributed by atoms with E-state index in [4.69, 9.17) is 9.47 Å². The lowest BCUT2D eigenvalue weighted by Gasteiger charge is -2.11. The fraction of sp³-hybridized carbons (Fsp3) is 0.120. The number of rotatable bonds is 5. The summed E-state index contributed by atoms with van der Waals surface area (Å²) in [6, 6.07) is 23.4. The molecule has 0 fully saturated rings. The van der Waals surface area contributed by atoms with Gasteiger partial charge in [0.2, 0.25) is 5.90 Å². The van der Waals surface area contributed by atoms with Crippen molar-refractivity contribution >= 4 is 17.9 Å². The van der Waals surface area contributed by atoms with E-state index in [2.05, 4.69) is 18.0 Å². The van der Waals surface area contributed by atoms with Gasteiger partial charge in [-0.05, 0) is 48.7 Å². The van der Waals surface area contributed by atoms with Crippen molar-refractivity contribution in [2.75, 3.05) is 0 Å². The van der Waals surface area contributed by atoms with Crippen molar-refractivity contribution in [3.8, 4) is 5.75 Å². The first-order valence-corrected chi connectivity index (χ1v) is 9.47. The van der Waals surface area contributed by atoms with Gasteiger partial charge >= 0.3 is 5.97 Å². The number of benzene rings is 3. The number of hydrogen-bond donors (Lipinski definition) is 0. The molecule has 0 aliphatic carbocycles. The first-order valence-electron chi connectivity index (χ1n) is 9.47. The van der Waals surface area contributed by atoms with E-state index < -0.39 is 5.97 Å². The Labute approximate surface area is 170 Å². The van der Waals surface area contributed by atoms with Crippen molar-refractivity contribution in [1.29, 1.82) is 0 Å². The van der Waals surface area contributed by atoms with Gasteiger partial charge in [-0.1, -0.05) is 60.7 Å². The van der Waals surface area contributed by atoms with Crippen LogP contribution in [-0.2, 0) is 16.1 Å². The molecule has 0 saturated heterocycles. The lowest BCUT2D eigenvalue weighted by atomic mass is 10.1. The molecule has 0 aromatic heterocycles. The molecule has 3 aromatic carbocycles. The lowest BCUT2D eigenvalue weighted by Crippen LogP contribution is -2.06. The first kappa shape index (κ1) is 18.7. The molecule has 0 bridgehead atoms. The SMILES string of the molecule is Cc1ccccc1COc1ccccc1/C=C1\N=C(c2ccccc2C)OC1=O. The number of cyclic esters (lactones) is 1. The molecule has 144 valence electrons. The molecule has 0 saturated carbocycles. The quantitative estimate of drug-likeness (QED) is 0.448. The van der Waals surface area contributed by atoms with Crippen molar-refractivity contribution < 1.29 is 14.3 Å². The number of esters is 1. The van der Waals surface area contributed by atoms with E-state index in [1.165, 1.54) is 5.56 Å². The summed E-state index contributed by atoms with van der Waals surface area (Å²) in [6.07, 6.45) is 1.71. The number of aryl methyl sites for hydroxylation is 2. The number of carbonyl (C=O) groups excluding carboxylic acids is 1. The smallest absolute Gasteiger partial charge is 0.363 e. The molecule has 0 radical (unpaired) electrons. The first-order chi connectivity index (χ1) is 14.1. The van der Waals surface area contributed by atoms with Gasteiger partial charge in [0.05, 0.1) is 0 Å². The van der Waals surface area contributed by atoms with Crippen LogP contribution in [0.2, 0.25) is 0 Å². The minimum Gasteiger partial charge on any atom is -0.488 e. The van der Waals surface area contributed by atoms with Gasteiger partial charge in [0.1, 0.15) is 12.4 Å². The average molecular weight is 383 g/mol. The minimum atomic E-state index is -0.461. The summed E-state index contributed by atoms with van der Waals surface area (Å²) >= 11 is 0. The Morgan fingerprint density at radius 1 is 0.897 bits per heavy atom. The van der Waals surface area contributed by atoms with Gasteiger partial charge in [-0.3, -0.25) is 0 Å². The highest BCUT2D eigenvalue weighted by atomic mass is 16.6. The molecule has 0 unspecified atom stereocenters. The molecular formula is C25H21NO3. The molecule has 4 nitrogen and oxygen atoms in total. The fourth-order valence-electron chi connectivity index (χ4n) is 3.14. The molecular weight excluding hydrogens is 362 g/mol. The number of para-hydroxylation sites is 1. The number of aliphatic imine (C=N–C) groups is 1. The molecule has 0 atom stereocenters. The van der Waals surface area contributed by atoms with Crippen molar-refractivity contribution in [1.82, 2.24) is 0 Å². The molecule has 1 heterocycles. The van der Waals surface area contributed by atoms with Crippen molar-refractivity contribution in [3.63, 3.8) is 0 Å².